The summed E-state index contributed by atoms with van der Waals surface area (Å²) in [7, 11) is 1.63. The maximum absolute atomic E-state index is 13.0. The largest absolute Gasteiger partial charge is 0.497 e. The molecule has 11 rings (SSSR count). The summed E-state index contributed by atoms with van der Waals surface area (Å²) in [6.45, 7) is 5.20. The smallest absolute Gasteiger partial charge is 0.416 e. The van der Waals surface area contributed by atoms with Gasteiger partial charge in [0.25, 0.3) is 17.8 Å². The van der Waals surface area contributed by atoms with E-state index in [-0.39, 0.29) is 34.6 Å². The van der Waals surface area contributed by atoms with Crippen molar-refractivity contribution in [3.63, 3.8) is 0 Å². The number of aromatic amines is 1. The number of carboxylic acids is 1. The van der Waals surface area contributed by atoms with Gasteiger partial charge < -0.3 is 40.6 Å². The topological polar surface area (TPSA) is 245 Å². The standard InChI is InChI=1S/C32H29F3N6O3.C24H21F3N6O2.C2H4O2/c1-43-24-8-4-20(5-9-24)19-41-30-28(29(40-41)22-3-2-14-36-18-22)26(13-16-38-30)44-25-10-6-21(7-11-25)31(42)39-27-17-23(12-15-37-27)32(33,34)35;25-24(26,27)16-7-10-29-19(12-16)31-23(34)14-3-5-17(6-4-14)35-18-8-11-30-22-20(18)21(32-33-22)15-2-1-9-28-13-15;1-2(3)4/h4-13,15-17,22,36H,2-3,14,18-19H2,1H3,(H,37,39,42);3-8,10-12,15,28H,1-2,9,13H2,(H,29,31,34)(H,30,32,33);1H3,(H,3,4). The van der Waals surface area contributed by atoms with Crippen LogP contribution >= 0.6 is 0 Å². The van der Waals surface area contributed by atoms with E-state index in [0.717, 1.165) is 129 Å². The van der Waals surface area contributed by atoms with Crippen molar-refractivity contribution in [2.75, 3.05) is 43.9 Å². The van der Waals surface area contributed by atoms with Gasteiger partial charge >= 0.3 is 12.4 Å². The molecule has 0 radical (unpaired) electrons. The van der Waals surface area contributed by atoms with E-state index in [0.29, 0.717) is 40.8 Å². The molecule has 2 aliphatic rings. The second kappa shape index (κ2) is 26.0. The highest BCUT2D eigenvalue weighted by molar-refractivity contribution is 6.04. The molecule has 6 N–H and O–H groups in total. The van der Waals surface area contributed by atoms with Crippen molar-refractivity contribution in [1.29, 1.82) is 0 Å². The van der Waals surface area contributed by atoms with Gasteiger partial charge in [0.05, 0.1) is 46.9 Å². The molecule has 2 unspecified atom stereocenters. The summed E-state index contributed by atoms with van der Waals surface area (Å²) in [6, 6.07) is 27.2. The molecule has 19 nitrogen and oxygen atoms in total. The van der Waals surface area contributed by atoms with E-state index in [1.165, 1.54) is 24.3 Å². The number of carboxylic acid groups (broad SMARTS) is 1. The van der Waals surface area contributed by atoms with E-state index in [4.69, 9.17) is 29.2 Å². The van der Waals surface area contributed by atoms with Gasteiger partial charge in [0, 0.05) is 67.8 Å². The Labute approximate surface area is 469 Å². The van der Waals surface area contributed by atoms with Crippen molar-refractivity contribution >= 4 is 51.5 Å². The number of hydrogen-bond donors (Lipinski definition) is 6. The highest BCUT2D eigenvalue weighted by atomic mass is 19.4. The number of ether oxygens (including phenoxy) is 3. The molecule has 2 fully saturated rings. The molecule has 3 aromatic carbocycles. The Kier molecular flexibility index (Phi) is 18.2. The first-order chi connectivity index (χ1) is 39.9. The zero-order valence-electron chi connectivity index (χ0n) is 44.5. The van der Waals surface area contributed by atoms with Crippen LogP contribution in [-0.4, -0.2) is 96.1 Å². The van der Waals surface area contributed by atoms with Crippen molar-refractivity contribution in [1.82, 2.24) is 50.5 Å². The van der Waals surface area contributed by atoms with E-state index in [1.807, 2.05) is 28.9 Å². The van der Waals surface area contributed by atoms with Gasteiger partial charge in [0.2, 0.25) is 0 Å². The number of pyridine rings is 4. The molecule has 0 saturated carbocycles. The quantitative estimate of drug-likeness (QED) is 0.0588. The molecule has 83 heavy (non-hydrogen) atoms. The van der Waals surface area contributed by atoms with Crippen molar-refractivity contribution in [2.45, 2.75) is 63.3 Å². The van der Waals surface area contributed by atoms with Crippen LogP contribution in [0.4, 0.5) is 38.0 Å². The average Bonchev–Trinajstić information content (AvgIpc) is 4.10. The number of alkyl halides is 6. The molecular weight excluding hydrogens is 1090 g/mol. The fraction of sp³-hybridized carbons (Fsp3) is 0.259. The van der Waals surface area contributed by atoms with Gasteiger partial charge in [0.1, 0.15) is 40.4 Å². The van der Waals surface area contributed by atoms with Gasteiger partial charge in [-0.25, -0.2) is 24.6 Å². The zero-order valence-corrected chi connectivity index (χ0v) is 44.5. The second-order valence-corrected chi connectivity index (χ2v) is 19.2. The van der Waals surface area contributed by atoms with Crippen LogP contribution in [0.1, 0.15) is 93.2 Å². The number of aliphatic carboxylic acids is 1. The molecule has 0 aliphatic carbocycles. The first kappa shape index (κ1) is 58.2. The molecule has 8 heterocycles. The average molecular weight is 1150 g/mol. The number of anilines is 2. The number of aromatic nitrogens is 8. The van der Waals surface area contributed by atoms with Gasteiger partial charge in [-0.05, 0) is 141 Å². The number of hydrogen-bond acceptors (Lipinski definition) is 14. The molecule has 9 aromatic rings. The minimum absolute atomic E-state index is 0.186. The minimum atomic E-state index is -4.54. The highest BCUT2D eigenvalue weighted by Gasteiger charge is 2.32. The van der Waals surface area contributed by atoms with Gasteiger partial charge in [0.15, 0.2) is 11.3 Å². The van der Waals surface area contributed by atoms with Crippen molar-refractivity contribution in [3.8, 4) is 28.7 Å². The molecule has 0 spiro atoms. The number of halogens is 6. The normalized spacial score (nSPS) is 15.2. The number of amides is 2. The Hall–Kier alpha value is -9.49. The number of piperidine rings is 2. The van der Waals surface area contributed by atoms with Crippen LogP contribution in [0, 0.1) is 0 Å². The summed E-state index contributed by atoms with van der Waals surface area (Å²) in [5.74, 6) is 0.977. The van der Waals surface area contributed by atoms with Crippen LogP contribution in [0.25, 0.3) is 22.1 Å². The molecule has 2 atom stereocenters. The summed E-state index contributed by atoms with van der Waals surface area (Å²) in [5, 5.41) is 33.2. The van der Waals surface area contributed by atoms with Crippen LogP contribution in [0.3, 0.4) is 0 Å². The van der Waals surface area contributed by atoms with Crippen LogP contribution in [0.5, 0.6) is 28.7 Å². The Morgan fingerprint density at radius 2 is 1.12 bits per heavy atom. The van der Waals surface area contributed by atoms with E-state index in [1.54, 1.807) is 55.9 Å². The summed E-state index contributed by atoms with van der Waals surface area (Å²) in [4.78, 5) is 50.8. The molecule has 6 aromatic heterocycles. The van der Waals surface area contributed by atoms with Crippen molar-refractivity contribution in [3.05, 3.63) is 173 Å². The number of carbonyl (C=O) groups excluding carboxylic acids is 2. The van der Waals surface area contributed by atoms with Crippen LogP contribution in [0.15, 0.2) is 134 Å². The monoisotopic (exact) mass is 1140 g/mol. The lowest BCUT2D eigenvalue weighted by atomic mass is 9.94. The fourth-order valence-corrected chi connectivity index (χ4v) is 9.32. The lowest BCUT2D eigenvalue weighted by Crippen LogP contribution is -2.28. The van der Waals surface area contributed by atoms with Crippen LogP contribution < -0.4 is 35.5 Å². The lowest BCUT2D eigenvalue weighted by molar-refractivity contribution is -0.138. The lowest BCUT2D eigenvalue weighted by Gasteiger charge is -2.22. The number of nitrogens with zero attached hydrogens (tertiary/aromatic N) is 7. The summed E-state index contributed by atoms with van der Waals surface area (Å²) < 4.78 is 97.4. The molecule has 25 heteroatoms. The van der Waals surface area contributed by atoms with Gasteiger partial charge in [-0.3, -0.25) is 19.5 Å². The Morgan fingerprint density at radius 1 is 0.639 bits per heavy atom. The van der Waals surface area contributed by atoms with Crippen LogP contribution in [0.2, 0.25) is 0 Å². The van der Waals surface area contributed by atoms with Gasteiger partial charge in [-0.2, -0.15) is 36.5 Å². The third-order valence-electron chi connectivity index (χ3n) is 13.3. The zero-order chi connectivity index (χ0) is 58.7. The summed E-state index contributed by atoms with van der Waals surface area (Å²) in [5.41, 5.74) is 2.88. The predicted octanol–water partition coefficient (Wildman–Crippen LogP) is 11.4. The third-order valence-corrected chi connectivity index (χ3v) is 13.3. The molecule has 0 bridgehead atoms. The number of fused-ring (bicyclic) bond motifs is 2. The van der Waals surface area contributed by atoms with Crippen LogP contribution in [-0.2, 0) is 23.7 Å². The number of carbonyl (C=O) groups is 3. The highest BCUT2D eigenvalue weighted by Crippen LogP contribution is 2.39. The second-order valence-electron chi connectivity index (χ2n) is 19.2. The first-order valence-electron chi connectivity index (χ1n) is 26.1. The Bertz CT molecular complexity index is 3690. The van der Waals surface area contributed by atoms with E-state index >= 15 is 0 Å². The number of methoxy groups -OCH3 is 1. The third kappa shape index (κ3) is 14.9. The molecular formula is C58H54F6N12O7. The maximum Gasteiger partial charge on any atom is 0.416 e. The first-order valence-corrected chi connectivity index (χ1v) is 26.1. The predicted molar refractivity (Wildman–Crippen MR) is 294 cm³/mol. The molecule has 430 valence electrons. The number of nitrogens with one attached hydrogen (secondary N) is 5. The molecule has 2 amide bonds. The minimum Gasteiger partial charge on any atom is -0.497 e. The maximum atomic E-state index is 13.0. The number of rotatable bonds is 13. The number of H-pyrrole nitrogens is 1. The van der Waals surface area contributed by atoms with Crippen molar-refractivity contribution in [2.24, 2.45) is 0 Å². The van der Waals surface area contributed by atoms with Crippen molar-refractivity contribution < 1.29 is 60.0 Å². The van der Waals surface area contributed by atoms with Gasteiger partial charge in [-0.1, -0.05) is 12.1 Å². The SMILES string of the molecule is CC(=O)O.COc1ccc(Cn2nc(C3CCCNC3)c3c(Oc4ccc(C(=O)Nc5cc(C(F)(F)F)ccn5)cc4)ccnc32)cc1.O=C(Nc1cc(C(F)(F)F)ccn1)c1ccc(Oc2ccnc3n[nH]c(C4CCCNC4)c23)cc1. The summed E-state index contributed by atoms with van der Waals surface area (Å²) >= 11 is 0. The molecule has 2 saturated heterocycles. The summed E-state index contributed by atoms with van der Waals surface area (Å²) in [6.07, 6.45) is 0.349. The Morgan fingerprint density at radius 3 is 1.61 bits per heavy atom. The Balaban J connectivity index is 0.000000192. The van der Waals surface area contributed by atoms with Gasteiger partial charge in [-0.15, -0.1) is 0 Å². The fourth-order valence-electron chi connectivity index (χ4n) is 9.32. The molecule has 2 aliphatic heterocycles. The number of benzene rings is 3. The van der Waals surface area contributed by atoms with E-state index in [9.17, 15) is 35.9 Å². The van der Waals surface area contributed by atoms with E-state index < -0.39 is 41.3 Å². The van der Waals surface area contributed by atoms with E-state index in [2.05, 4.69) is 51.4 Å².